The fourth-order valence-corrected chi connectivity index (χ4v) is 4.50. The van der Waals surface area contributed by atoms with Gasteiger partial charge in [0.1, 0.15) is 5.52 Å². The molecule has 5 rings (SSSR count). The summed E-state index contributed by atoms with van der Waals surface area (Å²) in [5.41, 5.74) is 7.82. The van der Waals surface area contributed by atoms with E-state index in [1.54, 1.807) is 0 Å². The Kier molecular flexibility index (Phi) is 5.51. The minimum atomic E-state index is -0.230. The molecule has 0 unspecified atom stereocenters. The quantitative estimate of drug-likeness (QED) is 0.389. The van der Waals surface area contributed by atoms with Crippen LogP contribution in [0.4, 0.5) is 0 Å². The molecule has 0 saturated heterocycles. The Morgan fingerprint density at radius 1 is 1.00 bits per heavy atom. The van der Waals surface area contributed by atoms with Gasteiger partial charge in [0.15, 0.2) is 11.5 Å². The smallest absolute Gasteiger partial charge is 0.344 e. The second-order valence-corrected chi connectivity index (χ2v) is 8.60. The minimum Gasteiger partial charge on any atom is -0.465 e. The lowest BCUT2D eigenvalue weighted by atomic mass is 9.98. The maximum atomic E-state index is 11.6. The van der Waals surface area contributed by atoms with Crippen molar-refractivity contribution >= 4 is 22.7 Å². The summed E-state index contributed by atoms with van der Waals surface area (Å²) >= 11 is 0.998. The van der Waals surface area contributed by atoms with E-state index in [9.17, 15) is 4.79 Å². The van der Waals surface area contributed by atoms with E-state index in [-0.39, 0.29) is 4.87 Å². The lowest BCUT2D eigenvalue weighted by molar-refractivity contribution is 0.301. The molecule has 3 heterocycles. The third-order valence-electron chi connectivity index (χ3n) is 5.49. The summed E-state index contributed by atoms with van der Waals surface area (Å²) in [5.74, 6) is 0.590. The van der Waals surface area contributed by atoms with E-state index >= 15 is 0 Å². The number of nitrogens with zero attached hydrogens (tertiary/aromatic N) is 4. The molecule has 5 aromatic rings. The van der Waals surface area contributed by atoms with Crippen LogP contribution in [0.5, 0.6) is 6.01 Å². The van der Waals surface area contributed by atoms with E-state index in [4.69, 9.17) is 14.7 Å². The van der Waals surface area contributed by atoms with E-state index in [1.165, 1.54) is 0 Å². The highest BCUT2D eigenvalue weighted by molar-refractivity contribution is 7.03. The molecule has 0 spiro atoms. The summed E-state index contributed by atoms with van der Waals surface area (Å²) in [5, 5.41) is 0. The van der Waals surface area contributed by atoms with Crippen molar-refractivity contribution in [3.8, 4) is 28.5 Å². The van der Waals surface area contributed by atoms with Crippen molar-refractivity contribution in [3.05, 3.63) is 81.1 Å². The number of aromatic amines is 1. The topological polar surface area (TPSA) is 85.7 Å². The summed E-state index contributed by atoms with van der Waals surface area (Å²) in [6.07, 6.45) is 0. The molecular weight excluding hydrogens is 434 g/mol. The number of aromatic nitrogens is 5. The number of ether oxygens (including phenoxy) is 1. The van der Waals surface area contributed by atoms with Crippen LogP contribution < -0.4 is 9.61 Å². The zero-order valence-electron chi connectivity index (χ0n) is 18.6. The van der Waals surface area contributed by atoms with E-state index in [0.717, 1.165) is 56.2 Å². The first-order chi connectivity index (χ1) is 16.0. The number of H-pyrrole nitrogens is 1. The molecule has 0 aliphatic heterocycles. The van der Waals surface area contributed by atoms with E-state index in [2.05, 4.69) is 33.6 Å². The Hall–Kier alpha value is -3.78. The molecule has 0 radical (unpaired) electrons. The second-order valence-electron chi connectivity index (χ2n) is 7.84. The Labute approximate surface area is 194 Å². The minimum absolute atomic E-state index is 0.230. The van der Waals surface area contributed by atoms with Gasteiger partial charge in [0.25, 0.3) is 6.01 Å². The van der Waals surface area contributed by atoms with Gasteiger partial charge in [-0.25, -0.2) is 4.98 Å². The third-order valence-corrected chi connectivity index (χ3v) is 6.05. The normalized spacial score (nSPS) is 11.2. The van der Waals surface area contributed by atoms with E-state index in [0.29, 0.717) is 25.0 Å². The summed E-state index contributed by atoms with van der Waals surface area (Å²) in [4.78, 5) is 24.8. The largest absolute Gasteiger partial charge is 0.465 e. The highest BCUT2D eigenvalue weighted by Crippen LogP contribution is 2.31. The number of benzene rings is 2. The Morgan fingerprint density at radius 2 is 1.76 bits per heavy atom. The molecule has 33 heavy (non-hydrogen) atoms. The molecule has 0 bridgehead atoms. The van der Waals surface area contributed by atoms with Gasteiger partial charge < -0.3 is 4.74 Å². The number of hydrogen-bond acceptors (Lipinski definition) is 6. The van der Waals surface area contributed by atoms with Gasteiger partial charge >= 0.3 is 4.87 Å². The molecule has 0 atom stereocenters. The van der Waals surface area contributed by atoms with Crippen molar-refractivity contribution in [1.29, 1.82) is 0 Å². The van der Waals surface area contributed by atoms with Crippen molar-refractivity contribution in [2.24, 2.45) is 0 Å². The van der Waals surface area contributed by atoms with Gasteiger partial charge in [0.05, 0.1) is 13.2 Å². The van der Waals surface area contributed by atoms with Crippen molar-refractivity contribution in [1.82, 2.24) is 23.9 Å². The van der Waals surface area contributed by atoms with Crippen molar-refractivity contribution in [2.75, 3.05) is 6.61 Å². The summed E-state index contributed by atoms with van der Waals surface area (Å²) in [6.45, 7) is 7.13. The van der Waals surface area contributed by atoms with Crippen LogP contribution in [-0.4, -0.2) is 30.5 Å². The number of hydrogen-bond donors (Lipinski definition) is 1. The zero-order valence-corrected chi connectivity index (χ0v) is 19.4. The number of rotatable bonds is 6. The molecule has 2 aromatic carbocycles. The second kappa shape index (κ2) is 8.63. The van der Waals surface area contributed by atoms with Crippen LogP contribution in [0.15, 0.2) is 59.4 Å². The van der Waals surface area contributed by atoms with Crippen LogP contribution in [0.3, 0.4) is 0 Å². The summed E-state index contributed by atoms with van der Waals surface area (Å²) in [6, 6.07) is 18.9. The Morgan fingerprint density at radius 3 is 2.45 bits per heavy atom. The highest BCUT2D eigenvalue weighted by atomic mass is 32.1. The molecule has 0 aliphatic carbocycles. The maximum absolute atomic E-state index is 11.6. The standard InChI is InChI=1S/C25H23N5O2S/c1-4-32-24-27-21-15(2)13-16(3)26-23(21)30(24)14-17-9-11-18(12-10-17)19-7-5-6-8-20(19)22-28-25(31)33-29-22/h5-13H,4,14H2,1-3H3,(H,28,29,31). The molecule has 0 fully saturated rings. The predicted molar refractivity (Wildman–Crippen MR) is 131 cm³/mol. The number of nitrogens with one attached hydrogen (secondary N) is 1. The average Bonchev–Trinajstić information content (AvgIpc) is 3.39. The molecule has 7 nitrogen and oxygen atoms in total. The average molecular weight is 458 g/mol. The first-order valence-corrected chi connectivity index (χ1v) is 11.6. The molecule has 0 aliphatic rings. The Bertz CT molecular complexity index is 1500. The molecule has 3 aromatic heterocycles. The van der Waals surface area contributed by atoms with Gasteiger partial charge in [-0.3, -0.25) is 13.7 Å². The van der Waals surface area contributed by atoms with Crippen LogP contribution in [0.2, 0.25) is 0 Å². The van der Waals surface area contributed by atoms with Gasteiger partial charge in [-0.15, -0.1) is 0 Å². The van der Waals surface area contributed by atoms with Crippen molar-refractivity contribution in [2.45, 2.75) is 27.3 Å². The van der Waals surface area contributed by atoms with Crippen LogP contribution in [-0.2, 0) is 6.54 Å². The van der Waals surface area contributed by atoms with Gasteiger partial charge in [0, 0.05) is 22.8 Å². The lowest BCUT2D eigenvalue weighted by Crippen LogP contribution is -2.06. The molecule has 8 heteroatoms. The van der Waals surface area contributed by atoms with Gasteiger partial charge in [0.2, 0.25) is 0 Å². The van der Waals surface area contributed by atoms with Gasteiger partial charge in [-0.05, 0) is 49.1 Å². The van der Waals surface area contributed by atoms with Crippen molar-refractivity contribution < 1.29 is 4.74 Å². The number of imidazole rings is 1. The fourth-order valence-electron chi connectivity index (χ4n) is 4.02. The van der Waals surface area contributed by atoms with Crippen molar-refractivity contribution in [3.63, 3.8) is 0 Å². The SMILES string of the molecule is CCOc1nc2c(C)cc(C)nc2n1Cc1ccc(-c2ccccc2-c2nc(=O)s[nH]2)cc1. The van der Waals surface area contributed by atoms with E-state index < -0.39 is 0 Å². The summed E-state index contributed by atoms with van der Waals surface area (Å²) < 4.78 is 10.9. The zero-order chi connectivity index (χ0) is 22.9. The predicted octanol–water partition coefficient (Wildman–Crippen LogP) is 4.97. The third kappa shape index (κ3) is 4.05. The Balaban J connectivity index is 1.51. The number of aryl methyl sites for hydroxylation is 2. The summed E-state index contributed by atoms with van der Waals surface area (Å²) in [7, 11) is 0. The number of pyridine rings is 1. The first kappa shape index (κ1) is 21.1. The highest BCUT2D eigenvalue weighted by Gasteiger charge is 2.16. The first-order valence-electron chi connectivity index (χ1n) is 10.7. The van der Waals surface area contributed by atoms with Gasteiger partial charge in [-0.2, -0.15) is 9.97 Å². The van der Waals surface area contributed by atoms with Crippen LogP contribution in [0.25, 0.3) is 33.7 Å². The molecule has 166 valence electrons. The molecule has 1 N–H and O–H groups in total. The molecule has 0 saturated carbocycles. The monoisotopic (exact) mass is 457 g/mol. The van der Waals surface area contributed by atoms with E-state index in [1.807, 2.05) is 55.7 Å². The van der Waals surface area contributed by atoms with Crippen LogP contribution >= 0.6 is 11.5 Å². The van der Waals surface area contributed by atoms with Gasteiger partial charge in [-0.1, -0.05) is 48.5 Å². The molecule has 0 amide bonds. The lowest BCUT2D eigenvalue weighted by Gasteiger charge is -2.11. The fraction of sp³-hybridized carbons (Fsp3) is 0.200. The number of fused-ring (bicyclic) bond motifs is 1. The van der Waals surface area contributed by atoms with Crippen LogP contribution in [0.1, 0.15) is 23.7 Å². The maximum Gasteiger partial charge on any atom is 0.344 e. The molecular formula is C25H23N5O2S. The van der Waals surface area contributed by atoms with Crippen LogP contribution in [0, 0.1) is 13.8 Å².